The SMILES string of the molecule is CCN(CC1CCCCO1)C1(CN)CCC(C)CC1. The topological polar surface area (TPSA) is 38.5 Å². The third-order valence-electron chi connectivity index (χ3n) is 5.34. The Morgan fingerprint density at radius 2 is 1.95 bits per heavy atom. The highest BCUT2D eigenvalue weighted by molar-refractivity contribution is 4.96. The second kappa shape index (κ2) is 7.05. The van der Waals surface area contributed by atoms with Gasteiger partial charge < -0.3 is 10.5 Å². The fourth-order valence-corrected chi connectivity index (χ4v) is 3.80. The van der Waals surface area contributed by atoms with Gasteiger partial charge in [0.25, 0.3) is 0 Å². The van der Waals surface area contributed by atoms with Crippen molar-refractivity contribution < 1.29 is 4.74 Å². The molecule has 0 amide bonds. The van der Waals surface area contributed by atoms with E-state index in [0.29, 0.717) is 6.10 Å². The minimum atomic E-state index is 0.252. The molecule has 0 aromatic rings. The van der Waals surface area contributed by atoms with Gasteiger partial charge in [-0.3, -0.25) is 4.90 Å². The molecule has 2 N–H and O–H groups in total. The summed E-state index contributed by atoms with van der Waals surface area (Å²) >= 11 is 0. The van der Waals surface area contributed by atoms with Gasteiger partial charge in [-0.2, -0.15) is 0 Å². The second-order valence-electron chi connectivity index (χ2n) is 6.64. The summed E-state index contributed by atoms with van der Waals surface area (Å²) < 4.78 is 5.93. The Labute approximate surface area is 118 Å². The van der Waals surface area contributed by atoms with Gasteiger partial charge in [0.05, 0.1) is 6.10 Å². The van der Waals surface area contributed by atoms with E-state index in [0.717, 1.165) is 32.2 Å². The molecule has 0 aromatic heterocycles. The highest BCUT2D eigenvalue weighted by Gasteiger charge is 2.38. The summed E-state index contributed by atoms with van der Waals surface area (Å²) in [4.78, 5) is 2.63. The first-order chi connectivity index (χ1) is 9.20. The lowest BCUT2D eigenvalue weighted by molar-refractivity contribution is -0.0402. The number of rotatable bonds is 5. The van der Waals surface area contributed by atoms with E-state index in [1.807, 2.05) is 0 Å². The minimum absolute atomic E-state index is 0.252. The quantitative estimate of drug-likeness (QED) is 0.833. The highest BCUT2D eigenvalue weighted by Crippen LogP contribution is 2.36. The van der Waals surface area contributed by atoms with Crippen LogP contribution in [0.15, 0.2) is 0 Å². The summed E-state index contributed by atoms with van der Waals surface area (Å²) in [5, 5.41) is 0. The van der Waals surface area contributed by atoms with Crippen LogP contribution in [0.4, 0.5) is 0 Å². The maximum atomic E-state index is 6.18. The van der Waals surface area contributed by atoms with Crippen LogP contribution in [0.3, 0.4) is 0 Å². The summed E-state index contributed by atoms with van der Waals surface area (Å²) in [6.07, 6.45) is 9.44. The summed E-state index contributed by atoms with van der Waals surface area (Å²) in [6, 6.07) is 0. The van der Waals surface area contributed by atoms with Gasteiger partial charge in [-0.25, -0.2) is 0 Å². The van der Waals surface area contributed by atoms with Gasteiger partial charge in [-0.1, -0.05) is 13.8 Å². The van der Waals surface area contributed by atoms with Crippen LogP contribution in [0.2, 0.25) is 0 Å². The molecule has 1 unspecified atom stereocenters. The monoisotopic (exact) mass is 268 g/mol. The third kappa shape index (κ3) is 3.71. The van der Waals surface area contributed by atoms with Gasteiger partial charge in [-0.15, -0.1) is 0 Å². The molecule has 2 rings (SSSR count). The molecule has 1 saturated heterocycles. The van der Waals surface area contributed by atoms with Crippen molar-refractivity contribution in [1.29, 1.82) is 0 Å². The molecule has 1 aliphatic heterocycles. The lowest BCUT2D eigenvalue weighted by atomic mass is 9.75. The van der Waals surface area contributed by atoms with Crippen molar-refractivity contribution in [3.05, 3.63) is 0 Å². The zero-order valence-electron chi connectivity index (χ0n) is 12.9. The molecule has 0 radical (unpaired) electrons. The number of nitrogens with zero attached hydrogens (tertiary/aromatic N) is 1. The maximum Gasteiger partial charge on any atom is 0.0702 e. The van der Waals surface area contributed by atoms with Crippen molar-refractivity contribution in [3.8, 4) is 0 Å². The Morgan fingerprint density at radius 3 is 2.47 bits per heavy atom. The highest BCUT2D eigenvalue weighted by atomic mass is 16.5. The Hall–Kier alpha value is -0.120. The van der Waals surface area contributed by atoms with Gasteiger partial charge >= 0.3 is 0 Å². The Bertz CT molecular complexity index is 255. The van der Waals surface area contributed by atoms with Crippen LogP contribution in [0.5, 0.6) is 0 Å². The van der Waals surface area contributed by atoms with E-state index in [-0.39, 0.29) is 5.54 Å². The first kappa shape index (κ1) is 15.3. The standard InChI is InChI=1S/C16H32N2O/c1-3-18(12-15-6-4-5-11-19-15)16(13-17)9-7-14(2)8-10-16/h14-15H,3-13,17H2,1-2H3. The number of ether oxygens (including phenoxy) is 1. The van der Waals surface area contributed by atoms with Crippen LogP contribution in [-0.4, -0.2) is 42.8 Å². The largest absolute Gasteiger partial charge is 0.377 e. The van der Waals surface area contributed by atoms with Gasteiger partial charge in [0.15, 0.2) is 0 Å². The molecule has 2 fully saturated rings. The molecule has 3 heteroatoms. The maximum absolute atomic E-state index is 6.18. The van der Waals surface area contributed by atoms with Crippen LogP contribution in [0, 0.1) is 5.92 Å². The molecule has 1 heterocycles. The fraction of sp³-hybridized carbons (Fsp3) is 1.00. The third-order valence-corrected chi connectivity index (χ3v) is 5.34. The van der Waals surface area contributed by atoms with Crippen molar-refractivity contribution in [1.82, 2.24) is 4.90 Å². The molecule has 19 heavy (non-hydrogen) atoms. The van der Waals surface area contributed by atoms with E-state index in [2.05, 4.69) is 18.7 Å². The lowest BCUT2D eigenvalue weighted by Crippen LogP contribution is -2.57. The van der Waals surface area contributed by atoms with E-state index < -0.39 is 0 Å². The molecular weight excluding hydrogens is 236 g/mol. The van der Waals surface area contributed by atoms with Crippen molar-refractivity contribution in [2.75, 3.05) is 26.2 Å². The zero-order valence-corrected chi connectivity index (χ0v) is 12.9. The van der Waals surface area contributed by atoms with Crippen LogP contribution >= 0.6 is 0 Å². The smallest absolute Gasteiger partial charge is 0.0702 e. The van der Waals surface area contributed by atoms with Crippen LogP contribution in [-0.2, 0) is 4.74 Å². The van der Waals surface area contributed by atoms with E-state index in [1.165, 1.54) is 44.9 Å². The minimum Gasteiger partial charge on any atom is -0.377 e. The van der Waals surface area contributed by atoms with Gasteiger partial charge in [-0.05, 0) is 57.4 Å². The summed E-state index contributed by atoms with van der Waals surface area (Å²) in [7, 11) is 0. The lowest BCUT2D eigenvalue weighted by Gasteiger charge is -2.48. The fourth-order valence-electron chi connectivity index (χ4n) is 3.80. The van der Waals surface area contributed by atoms with Crippen molar-refractivity contribution in [2.24, 2.45) is 11.7 Å². The molecule has 2 aliphatic rings. The average Bonchev–Trinajstić information content (AvgIpc) is 2.47. The van der Waals surface area contributed by atoms with E-state index in [4.69, 9.17) is 10.5 Å². The molecule has 3 nitrogen and oxygen atoms in total. The summed E-state index contributed by atoms with van der Waals surface area (Å²) in [5.74, 6) is 0.879. The van der Waals surface area contributed by atoms with Gasteiger partial charge in [0, 0.05) is 25.2 Å². The molecule has 112 valence electrons. The molecule has 0 aromatic carbocycles. The average molecular weight is 268 g/mol. The Kier molecular flexibility index (Phi) is 5.67. The van der Waals surface area contributed by atoms with E-state index in [1.54, 1.807) is 0 Å². The van der Waals surface area contributed by atoms with E-state index >= 15 is 0 Å². The molecule has 0 bridgehead atoms. The van der Waals surface area contributed by atoms with Crippen molar-refractivity contribution in [2.45, 2.75) is 70.4 Å². The molecule has 1 aliphatic carbocycles. The molecule has 1 saturated carbocycles. The van der Waals surface area contributed by atoms with Gasteiger partial charge in [0.2, 0.25) is 0 Å². The van der Waals surface area contributed by atoms with Gasteiger partial charge in [0.1, 0.15) is 0 Å². The first-order valence-electron chi connectivity index (χ1n) is 8.27. The normalized spacial score (nSPS) is 36.6. The van der Waals surface area contributed by atoms with Crippen molar-refractivity contribution >= 4 is 0 Å². The van der Waals surface area contributed by atoms with Crippen LogP contribution in [0.1, 0.15) is 58.8 Å². The number of likely N-dealkylation sites (N-methyl/N-ethyl adjacent to an activating group) is 1. The van der Waals surface area contributed by atoms with Crippen LogP contribution < -0.4 is 5.73 Å². The molecular formula is C16H32N2O. The number of nitrogens with two attached hydrogens (primary N) is 1. The summed E-state index contributed by atoms with van der Waals surface area (Å²) in [5.41, 5.74) is 6.43. The Balaban J connectivity index is 1.97. The summed E-state index contributed by atoms with van der Waals surface area (Å²) in [6.45, 7) is 8.60. The van der Waals surface area contributed by atoms with E-state index in [9.17, 15) is 0 Å². The predicted octanol–water partition coefficient (Wildman–Crippen LogP) is 2.79. The van der Waals surface area contributed by atoms with Crippen LogP contribution in [0.25, 0.3) is 0 Å². The molecule has 0 spiro atoms. The molecule has 1 atom stereocenters. The predicted molar refractivity (Wildman–Crippen MR) is 80.3 cm³/mol. The first-order valence-corrected chi connectivity index (χ1v) is 8.27. The second-order valence-corrected chi connectivity index (χ2v) is 6.64. The Morgan fingerprint density at radius 1 is 1.21 bits per heavy atom. The zero-order chi connectivity index (χ0) is 13.7. The number of hydrogen-bond donors (Lipinski definition) is 1. The van der Waals surface area contributed by atoms with Crippen molar-refractivity contribution in [3.63, 3.8) is 0 Å². The number of hydrogen-bond acceptors (Lipinski definition) is 3.